The molecule has 3 rings (SSSR count). The minimum atomic E-state index is -0.649. The van der Waals surface area contributed by atoms with Gasteiger partial charge in [-0.2, -0.15) is 0 Å². The van der Waals surface area contributed by atoms with E-state index >= 15 is 0 Å². The summed E-state index contributed by atoms with van der Waals surface area (Å²) in [7, 11) is 0. The molecule has 0 bridgehead atoms. The summed E-state index contributed by atoms with van der Waals surface area (Å²) in [6.45, 7) is 1.59. The molecule has 0 atom stereocenters. The Balaban J connectivity index is 1.87. The summed E-state index contributed by atoms with van der Waals surface area (Å²) < 4.78 is 27.7. The molecular formula is C18H15F2N3OS. The van der Waals surface area contributed by atoms with Crippen LogP contribution in [0.5, 0.6) is 0 Å². The summed E-state index contributed by atoms with van der Waals surface area (Å²) in [6.07, 6.45) is 1.61. The molecule has 0 fully saturated rings. The van der Waals surface area contributed by atoms with Crippen molar-refractivity contribution in [3.8, 4) is 0 Å². The van der Waals surface area contributed by atoms with Crippen LogP contribution >= 0.6 is 11.8 Å². The fraction of sp³-hybridized carbons (Fsp3) is 0.167. The Morgan fingerprint density at radius 2 is 1.88 bits per heavy atom. The number of nitrogens with one attached hydrogen (secondary N) is 1. The van der Waals surface area contributed by atoms with Crippen molar-refractivity contribution < 1.29 is 8.78 Å². The van der Waals surface area contributed by atoms with Crippen molar-refractivity contribution in [1.82, 2.24) is 15.0 Å². The number of benzene rings is 1. The number of hydrogen-bond acceptors (Lipinski definition) is 4. The molecule has 0 spiro atoms. The predicted octanol–water partition coefficient (Wildman–Crippen LogP) is 3.63. The maximum Gasteiger partial charge on any atom is 0.254 e. The first-order valence-corrected chi connectivity index (χ1v) is 8.58. The SMILES string of the molecule is Cc1c(Cc2c(F)cccc2F)nc(SCc2ccccn2)[nH]c1=O. The first-order chi connectivity index (χ1) is 12.0. The number of hydrogen-bond donors (Lipinski definition) is 1. The lowest BCUT2D eigenvalue weighted by atomic mass is 10.1. The van der Waals surface area contributed by atoms with Gasteiger partial charge in [-0.15, -0.1) is 0 Å². The van der Waals surface area contributed by atoms with Crippen LogP contribution in [0.4, 0.5) is 8.78 Å². The fourth-order valence-corrected chi connectivity index (χ4v) is 3.09. The second-order valence-corrected chi connectivity index (χ2v) is 6.39. The summed E-state index contributed by atoms with van der Waals surface area (Å²) in [6, 6.07) is 9.26. The Labute approximate surface area is 147 Å². The van der Waals surface area contributed by atoms with Gasteiger partial charge in [0.1, 0.15) is 11.6 Å². The number of halogens is 2. The number of aromatic amines is 1. The van der Waals surface area contributed by atoms with Gasteiger partial charge in [-0.25, -0.2) is 13.8 Å². The topological polar surface area (TPSA) is 58.6 Å². The van der Waals surface area contributed by atoms with Gasteiger partial charge in [0.2, 0.25) is 0 Å². The minimum absolute atomic E-state index is 0.0780. The van der Waals surface area contributed by atoms with E-state index in [1.807, 2.05) is 18.2 Å². The van der Waals surface area contributed by atoms with Gasteiger partial charge in [0.25, 0.3) is 5.56 Å². The molecule has 0 aliphatic heterocycles. The third-order valence-corrected chi connectivity index (χ3v) is 4.63. The van der Waals surface area contributed by atoms with E-state index in [4.69, 9.17) is 0 Å². The highest BCUT2D eigenvalue weighted by Gasteiger charge is 2.14. The Kier molecular flexibility index (Phi) is 5.23. The van der Waals surface area contributed by atoms with Gasteiger partial charge < -0.3 is 4.98 Å². The van der Waals surface area contributed by atoms with E-state index < -0.39 is 11.6 Å². The van der Waals surface area contributed by atoms with Crippen molar-refractivity contribution in [2.45, 2.75) is 24.3 Å². The molecule has 25 heavy (non-hydrogen) atoms. The van der Waals surface area contributed by atoms with Gasteiger partial charge in [-0.1, -0.05) is 23.9 Å². The molecule has 1 N–H and O–H groups in total. The average Bonchev–Trinajstić information content (AvgIpc) is 2.61. The van der Waals surface area contributed by atoms with E-state index in [0.29, 0.717) is 22.2 Å². The smallest absolute Gasteiger partial charge is 0.254 e. The zero-order valence-corrected chi connectivity index (χ0v) is 14.2. The highest BCUT2D eigenvalue weighted by molar-refractivity contribution is 7.98. The average molecular weight is 359 g/mol. The molecule has 0 aliphatic rings. The number of thioether (sulfide) groups is 1. The molecule has 0 saturated heterocycles. The zero-order valence-electron chi connectivity index (χ0n) is 13.4. The lowest BCUT2D eigenvalue weighted by Gasteiger charge is -2.09. The number of pyridine rings is 1. The van der Waals surface area contributed by atoms with Crippen LogP contribution in [0.15, 0.2) is 52.5 Å². The van der Waals surface area contributed by atoms with Crippen molar-refractivity contribution in [3.63, 3.8) is 0 Å². The molecule has 0 amide bonds. The summed E-state index contributed by atoms with van der Waals surface area (Å²) >= 11 is 1.31. The summed E-state index contributed by atoms with van der Waals surface area (Å²) in [5.41, 5.74) is 1.15. The maximum atomic E-state index is 13.9. The molecule has 0 saturated carbocycles. The predicted molar refractivity (Wildman–Crippen MR) is 92.6 cm³/mol. The highest BCUT2D eigenvalue weighted by atomic mass is 32.2. The molecule has 4 nitrogen and oxygen atoms in total. The van der Waals surface area contributed by atoms with E-state index in [-0.39, 0.29) is 17.5 Å². The summed E-state index contributed by atoms with van der Waals surface area (Å²) in [4.78, 5) is 23.4. The van der Waals surface area contributed by atoms with E-state index in [1.54, 1.807) is 13.1 Å². The van der Waals surface area contributed by atoms with Crippen LogP contribution in [-0.4, -0.2) is 15.0 Å². The lowest BCUT2D eigenvalue weighted by Crippen LogP contribution is -2.16. The fourth-order valence-electron chi connectivity index (χ4n) is 2.29. The molecule has 0 radical (unpaired) electrons. The molecule has 2 heterocycles. The first kappa shape index (κ1) is 17.3. The van der Waals surface area contributed by atoms with E-state index in [0.717, 1.165) is 5.69 Å². The maximum absolute atomic E-state index is 13.9. The van der Waals surface area contributed by atoms with Crippen LogP contribution in [0.1, 0.15) is 22.5 Å². The molecule has 2 aromatic heterocycles. The van der Waals surface area contributed by atoms with Crippen molar-refractivity contribution in [1.29, 1.82) is 0 Å². The van der Waals surface area contributed by atoms with E-state index in [2.05, 4.69) is 15.0 Å². The summed E-state index contributed by atoms with van der Waals surface area (Å²) in [5.74, 6) is -0.770. The van der Waals surface area contributed by atoms with Crippen molar-refractivity contribution >= 4 is 11.8 Å². The third kappa shape index (κ3) is 4.11. The summed E-state index contributed by atoms with van der Waals surface area (Å²) in [5, 5.41) is 0.396. The minimum Gasteiger partial charge on any atom is -0.301 e. The number of nitrogens with zero attached hydrogens (tertiary/aromatic N) is 2. The Hall–Kier alpha value is -2.54. The molecule has 3 aromatic rings. The molecular weight excluding hydrogens is 344 g/mol. The number of rotatable bonds is 5. The quantitative estimate of drug-likeness (QED) is 0.558. The Morgan fingerprint density at radius 1 is 1.12 bits per heavy atom. The van der Waals surface area contributed by atoms with Gasteiger partial charge in [0.15, 0.2) is 5.16 Å². The van der Waals surface area contributed by atoms with Gasteiger partial charge >= 0.3 is 0 Å². The molecule has 0 unspecified atom stereocenters. The third-order valence-electron chi connectivity index (χ3n) is 3.72. The molecule has 128 valence electrons. The lowest BCUT2D eigenvalue weighted by molar-refractivity contribution is 0.559. The molecule has 7 heteroatoms. The highest BCUT2D eigenvalue weighted by Crippen LogP contribution is 2.20. The van der Waals surface area contributed by atoms with Crippen LogP contribution in [0.3, 0.4) is 0 Å². The van der Waals surface area contributed by atoms with Crippen LogP contribution in [-0.2, 0) is 12.2 Å². The van der Waals surface area contributed by atoms with E-state index in [9.17, 15) is 13.6 Å². The van der Waals surface area contributed by atoms with Gasteiger partial charge in [-0.3, -0.25) is 9.78 Å². The Morgan fingerprint density at radius 3 is 2.56 bits per heavy atom. The second kappa shape index (κ2) is 7.57. The largest absolute Gasteiger partial charge is 0.301 e. The number of H-pyrrole nitrogens is 1. The van der Waals surface area contributed by atoms with Crippen molar-refractivity contribution in [3.05, 3.63) is 87.1 Å². The Bertz CT molecular complexity index is 925. The monoisotopic (exact) mass is 359 g/mol. The van der Waals surface area contributed by atoms with E-state index in [1.165, 1.54) is 30.0 Å². The van der Waals surface area contributed by atoms with Gasteiger partial charge in [0, 0.05) is 29.5 Å². The van der Waals surface area contributed by atoms with Crippen LogP contribution in [0.25, 0.3) is 0 Å². The number of aromatic nitrogens is 3. The van der Waals surface area contributed by atoms with Crippen LogP contribution in [0, 0.1) is 18.6 Å². The van der Waals surface area contributed by atoms with Gasteiger partial charge in [0.05, 0.1) is 11.4 Å². The molecule has 1 aromatic carbocycles. The first-order valence-electron chi connectivity index (χ1n) is 7.60. The van der Waals surface area contributed by atoms with Crippen LogP contribution < -0.4 is 5.56 Å². The van der Waals surface area contributed by atoms with Crippen molar-refractivity contribution in [2.24, 2.45) is 0 Å². The van der Waals surface area contributed by atoms with Crippen molar-refractivity contribution in [2.75, 3.05) is 0 Å². The zero-order chi connectivity index (χ0) is 17.8. The van der Waals surface area contributed by atoms with Gasteiger partial charge in [-0.05, 0) is 31.2 Å². The molecule has 0 aliphatic carbocycles. The second-order valence-electron chi connectivity index (χ2n) is 5.43. The normalized spacial score (nSPS) is 10.8. The van der Waals surface area contributed by atoms with Crippen LogP contribution in [0.2, 0.25) is 0 Å². The standard InChI is InChI=1S/C18H15F2N3OS/c1-11-16(9-13-14(19)6-4-7-15(13)20)22-18(23-17(11)24)25-10-12-5-2-3-8-21-12/h2-8H,9-10H2,1H3,(H,22,23,24).